The number of ether oxygens (including phenoxy) is 1. The minimum Gasteiger partial charge on any atom is -0.466 e. The number of hydrogen-bond donors (Lipinski definition) is 0. The molecule has 0 saturated heterocycles. The Morgan fingerprint density at radius 2 is 1.86 bits per heavy atom. The highest BCUT2D eigenvalue weighted by Crippen LogP contribution is 2.22. The van der Waals surface area contributed by atoms with Crippen LogP contribution >= 0.6 is 11.8 Å². The molecule has 0 amide bonds. The van der Waals surface area contributed by atoms with E-state index in [0.717, 1.165) is 11.8 Å². The second-order valence-corrected chi connectivity index (χ2v) is 6.78. The third-order valence-electron chi connectivity index (χ3n) is 3.84. The highest BCUT2D eigenvalue weighted by Gasteiger charge is 2.16. The summed E-state index contributed by atoms with van der Waals surface area (Å²) in [6, 6.07) is 12.3. The van der Waals surface area contributed by atoms with E-state index in [0.29, 0.717) is 16.6 Å². The number of nitrogens with zero attached hydrogens (tertiary/aromatic N) is 2. The third-order valence-corrected chi connectivity index (χ3v) is 4.84. The molecule has 144 valence electrons. The molecule has 0 aliphatic carbocycles. The Labute approximate surface area is 164 Å². The second-order valence-electron chi connectivity index (χ2n) is 5.84. The first-order chi connectivity index (χ1) is 13.5. The van der Waals surface area contributed by atoms with Gasteiger partial charge in [0.2, 0.25) is 0 Å². The highest BCUT2D eigenvalue weighted by atomic mass is 32.2. The minimum atomic E-state index is -0.588. The molecule has 0 spiro atoms. The summed E-state index contributed by atoms with van der Waals surface area (Å²) in [5, 5.41) is 0.696. The van der Waals surface area contributed by atoms with Crippen LogP contribution in [0, 0.1) is 5.82 Å². The van der Waals surface area contributed by atoms with Gasteiger partial charge in [0.05, 0.1) is 29.0 Å². The molecule has 0 N–H and O–H groups in total. The van der Waals surface area contributed by atoms with E-state index < -0.39 is 11.8 Å². The maximum Gasteiger partial charge on any atom is 0.313 e. The molecule has 0 aliphatic heterocycles. The molecule has 0 saturated carbocycles. The molecule has 0 aliphatic rings. The van der Waals surface area contributed by atoms with Crippen molar-refractivity contribution in [2.75, 3.05) is 12.4 Å². The number of benzene rings is 2. The van der Waals surface area contributed by atoms with Gasteiger partial charge in [-0.25, -0.2) is 9.37 Å². The van der Waals surface area contributed by atoms with E-state index in [4.69, 9.17) is 4.74 Å². The van der Waals surface area contributed by atoms with Crippen molar-refractivity contribution >= 4 is 34.4 Å². The van der Waals surface area contributed by atoms with Crippen molar-refractivity contribution in [3.8, 4) is 5.69 Å². The van der Waals surface area contributed by atoms with Crippen LogP contribution in [-0.4, -0.2) is 33.7 Å². The smallest absolute Gasteiger partial charge is 0.313 e. The summed E-state index contributed by atoms with van der Waals surface area (Å²) in [5.74, 6) is -1.40. The number of thioether (sulfide) groups is 1. The van der Waals surface area contributed by atoms with Crippen LogP contribution in [0.15, 0.2) is 58.5 Å². The molecule has 0 bridgehead atoms. The van der Waals surface area contributed by atoms with Crippen LogP contribution < -0.4 is 5.56 Å². The van der Waals surface area contributed by atoms with Crippen molar-refractivity contribution in [1.29, 1.82) is 0 Å². The number of esters is 1. The predicted octanol–water partition coefficient (Wildman–Crippen LogP) is 3.14. The highest BCUT2D eigenvalue weighted by molar-refractivity contribution is 7.99. The van der Waals surface area contributed by atoms with Crippen LogP contribution in [0.25, 0.3) is 16.6 Å². The Hall–Kier alpha value is -3.00. The Morgan fingerprint density at radius 3 is 2.57 bits per heavy atom. The molecule has 0 fully saturated rings. The van der Waals surface area contributed by atoms with E-state index in [2.05, 4.69) is 4.98 Å². The molecule has 8 heteroatoms. The summed E-state index contributed by atoms with van der Waals surface area (Å²) in [5.41, 5.74) is 0.605. The molecule has 3 rings (SSSR count). The summed E-state index contributed by atoms with van der Waals surface area (Å²) in [7, 11) is 0. The van der Waals surface area contributed by atoms with E-state index in [1.807, 2.05) is 0 Å². The standard InChI is InChI=1S/C20H17FN2O4S/c1-2-27-18(25)11-15(24)12-28-20-22-17-6-4-3-5-16(17)19(26)23(20)14-9-7-13(21)8-10-14/h3-10H,2,11-12H2,1H3. The van der Waals surface area contributed by atoms with Crippen LogP contribution in [0.4, 0.5) is 4.39 Å². The Morgan fingerprint density at radius 1 is 1.14 bits per heavy atom. The lowest BCUT2D eigenvalue weighted by Gasteiger charge is -2.13. The van der Waals surface area contributed by atoms with Crippen molar-refractivity contribution in [2.24, 2.45) is 0 Å². The van der Waals surface area contributed by atoms with E-state index in [9.17, 15) is 18.8 Å². The number of rotatable bonds is 7. The molecule has 1 heterocycles. The summed E-state index contributed by atoms with van der Waals surface area (Å²) >= 11 is 1.04. The molecule has 6 nitrogen and oxygen atoms in total. The van der Waals surface area contributed by atoms with Gasteiger partial charge in [-0.05, 0) is 43.3 Å². The van der Waals surface area contributed by atoms with Gasteiger partial charge in [-0.1, -0.05) is 23.9 Å². The van der Waals surface area contributed by atoms with Crippen molar-refractivity contribution < 1.29 is 18.7 Å². The Bertz CT molecular complexity index is 1080. The third kappa shape index (κ3) is 4.45. The van der Waals surface area contributed by atoms with Gasteiger partial charge in [0.15, 0.2) is 10.9 Å². The summed E-state index contributed by atoms with van der Waals surface area (Å²) < 4.78 is 19.4. The molecular formula is C20H17FN2O4S. The molecule has 0 unspecified atom stereocenters. The van der Waals surface area contributed by atoms with Crippen molar-refractivity contribution in [2.45, 2.75) is 18.5 Å². The SMILES string of the molecule is CCOC(=O)CC(=O)CSc1nc2ccccc2c(=O)n1-c1ccc(F)cc1. The van der Waals surface area contributed by atoms with Crippen LogP contribution in [-0.2, 0) is 14.3 Å². The fraction of sp³-hybridized carbons (Fsp3) is 0.200. The van der Waals surface area contributed by atoms with Crippen LogP contribution in [0.2, 0.25) is 0 Å². The summed E-state index contributed by atoms with van der Waals surface area (Å²) in [6.45, 7) is 1.87. The Kier molecular flexibility index (Phi) is 6.20. The first-order valence-corrected chi connectivity index (χ1v) is 9.56. The average molecular weight is 400 g/mol. The minimum absolute atomic E-state index is 0.0508. The second kappa shape index (κ2) is 8.79. The van der Waals surface area contributed by atoms with E-state index in [-0.39, 0.29) is 35.3 Å². The maximum atomic E-state index is 13.3. The molecule has 0 atom stereocenters. The first kappa shape index (κ1) is 19.8. The predicted molar refractivity (Wildman–Crippen MR) is 104 cm³/mol. The monoisotopic (exact) mass is 400 g/mol. The van der Waals surface area contributed by atoms with Crippen molar-refractivity contribution in [3.05, 3.63) is 64.7 Å². The van der Waals surface area contributed by atoms with Gasteiger partial charge in [0.25, 0.3) is 5.56 Å². The van der Waals surface area contributed by atoms with Crippen molar-refractivity contribution in [1.82, 2.24) is 9.55 Å². The fourth-order valence-corrected chi connectivity index (χ4v) is 3.47. The molecular weight excluding hydrogens is 383 g/mol. The zero-order valence-electron chi connectivity index (χ0n) is 15.1. The molecule has 3 aromatic rings. The van der Waals surface area contributed by atoms with Gasteiger partial charge >= 0.3 is 5.97 Å². The molecule has 28 heavy (non-hydrogen) atoms. The zero-order chi connectivity index (χ0) is 20.1. The largest absolute Gasteiger partial charge is 0.466 e. The quantitative estimate of drug-likeness (QED) is 0.262. The van der Waals surface area contributed by atoms with Gasteiger partial charge in [-0.2, -0.15) is 0 Å². The average Bonchev–Trinajstić information content (AvgIpc) is 2.68. The lowest BCUT2D eigenvalue weighted by molar-refractivity contribution is -0.145. The van der Waals surface area contributed by atoms with E-state index in [1.165, 1.54) is 28.8 Å². The van der Waals surface area contributed by atoms with E-state index >= 15 is 0 Å². The van der Waals surface area contributed by atoms with Crippen LogP contribution in [0.5, 0.6) is 0 Å². The van der Waals surface area contributed by atoms with Crippen LogP contribution in [0.3, 0.4) is 0 Å². The van der Waals surface area contributed by atoms with Gasteiger partial charge in [0.1, 0.15) is 12.2 Å². The fourth-order valence-electron chi connectivity index (χ4n) is 2.60. The molecule has 1 aromatic heterocycles. The van der Waals surface area contributed by atoms with Gasteiger partial charge in [-0.3, -0.25) is 19.0 Å². The topological polar surface area (TPSA) is 78.3 Å². The van der Waals surface area contributed by atoms with Gasteiger partial charge < -0.3 is 4.74 Å². The number of para-hydroxylation sites is 1. The number of fused-ring (bicyclic) bond motifs is 1. The molecule has 2 aromatic carbocycles. The number of ketones is 1. The zero-order valence-corrected chi connectivity index (χ0v) is 15.9. The molecule has 0 radical (unpaired) electrons. The van der Waals surface area contributed by atoms with Gasteiger partial charge in [0, 0.05) is 0 Å². The lowest BCUT2D eigenvalue weighted by atomic mass is 10.2. The number of carbonyl (C=O) groups excluding carboxylic acids is 2. The van der Waals surface area contributed by atoms with Gasteiger partial charge in [-0.15, -0.1) is 0 Å². The number of Topliss-reactive ketones (excluding diaryl/α,β-unsaturated/α-hetero) is 1. The lowest BCUT2D eigenvalue weighted by Crippen LogP contribution is -2.22. The van der Waals surface area contributed by atoms with Crippen molar-refractivity contribution in [3.63, 3.8) is 0 Å². The van der Waals surface area contributed by atoms with E-state index in [1.54, 1.807) is 31.2 Å². The number of carbonyl (C=O) groups is 2. The van der Waals surface area contributed by atoms with Crippen LogP contribution in [0.1, 0.15) is 13.3 Å². The number of hydrogen-bond acceptors (Lipinski definition) is 6. The normalized spacial score (nSPS) is 10.8. The summed E-state index contributed by atoms with van der Waals surface area (Å²) in [6.07, 6.45) is -0.338. The number of aromatic nitrogens is 2. The first-order valence-electron chi connectivity index (χ1n) is 8.57. The maximum absolute atomic E-state index is 13.3. The Balaban J connectivity index is 1.97. The summed E-state index contributed by atoms with van der Waals surface area (Å²) in [4.78, 5) is 41.0. The number of halogens is 1.